The summed E-state index contributed by atoms with van der Waals surface area (Å²) >= 11 is 0.598. The summed E-state index contributed by atoms with van der Waals surface area (Å²) in [6.45, 7) is 2.25. The van der Waals surface area contributed by atoms with E-state index >= 15 is 0 Å². The standard InChI is InChI=1S/C10H17N2O.In.2H/c1-2-3-4-5-6-7-8-10-11-9-13-12-10;;;/h8-9H,2-7H2,1H3;;;. The quantitative estimate of drug-likeness (QED) is 0.724. The zero-order valence-corrected chi connectivity index (χ0v) is 14.9. The normalized spacial score (nSPS) is 12.9. The van der Waals surface area contributed by atoms with Crippen molar-refractivity contribution < 1.29 is 4.52 Å². The van der Waals surface area contributed by atoms with Crippen LogP contribution in [0, 0.1) is 0 Å². The Morgan fingerprint density at radius 1 is 1.36 bits per heavy atom. The van der Waals surface area contributed by atoms with Crippen molar-refractivity contribution in [2.24, 2.45) is 0 Å². The third-order valence-electron chi connectivity index (χ3n) is 2.56. The van der Waals surface area contributed by atoms with Crippen molar-refractivity contribution in [2.75, 3.05) is 0 Å². The van der Waals surface area contributed by atoms with Crippen LogP contribution in [0.15, 0.2) is 10.9 Å². The molecule has 0 spiro atoms. The molecular formula is C10H19InN2O. The Bertz CT molecular complexity index is 226. The molecule has 14 heavy (non-hydrogen) atoms. The zero-order chi connectivity index (χ0) is 10.2. The number of unbranched alkanes of at least 4 members (excludes halogenated alkanes) is 4. The molecule has 1 heterocycles. The summed E-state index contributed by atoms with van der Waals surface area (Å²) in [5, 5.41) is 3.90. The van der Waals surface area contributed by atoms with Crippen molar-refractivity contribution in [1.82, 2.24) is 10.1 Å². The Kier molecular flexibility index (Phi) is 6.32. The SMILES string of the molecule is CCCCCCC[CH]([InH2])c1ncon1. The van der Waals surface area contributed by atoms with E-state index in [1.165, 1.54) is 44.9 Å². The first-order valence-electron chi connectivity index (χ1n) is 5.61. The first-order valence-corrected chi connectivity index (χ1v) is 8.90. The van der Waals surface area contributed by atoms with Crippen LogP contribution in [0.1, 0.15) is 54.9 Å². The van der Waals surface area contributed by atoms with Crippen LogP contribution < -0.4 is 0 Å². The van der Waals surface area contributed by atoms with E-state index in [-0.39, 0.29) is 0 Å². The number of aromatic nitrogens is 2. The van der Waals surface area contributed by atoms with Gasteiger partial charge in [-0.05, 0) is 0 Å². The second-order valence-corrected chi connectivity index (χ2v) is 7.87. The second-order valence-electron chi connectivity index (χ2n) is 3.89. The minimum atomic E-state index is 0.598. The number of nitrogens with zero attached hydrogens (tertiary/aromatic N) is 2. The monoisotopic (exact) mass is 298 g/mol. The summed E-state index contributed by atoms with van der Waals surface area (Å²) in [6.07, 6.45) is 9.47. The van der Waals surface area contributed by atoms with Crippen molar-refractivity contribution in [1.29, 1.82) is 0 Å². The summed E-state index contributed by atoms with van der Waals surface area (Å²) in [5.41, 5.74) is 0. The van der Waals surface area contributed by atoms with Crippen LogP contribution in [-0.4, -0.2) is 34.5 Å². The van der Waals surface area contributed by atoms with E-state index < -0.39 is 0 Å². The molecule has 1 rings (SSSR count). The van der Waals surface area contributed by atoms with Crippen LogP contribution >= 0.6 is 0 Å². The van der Waals surface area contributed by atoms with Gasteiger partial charge in [-0.3, -0.25) is 0 Å². The Hall–Kier alpha value is 0.0101. The topological polar surface area (TPSA) is 38.9 Å². The van der Waals surface area contributed by atoms with Crippen LogP contribution in [0.4, 0.5) is 0 Å². The van der Waals surface area contributed by atoms with Gasteiger partial charge in [0, 0.05) is 0 Å². The maximum absolute atomic E-state index is 4.75. The number of hydrogen-bond donors (Lipinski definition) is 0. The fourth-order valence-electron chi connectivity index (χ4n) is 1.58. The average Bonchev–Trinajstić information content (AvgIpc) is 2.70. The van der Waals surface area contributed by atoms with E-state index in [0.717, 1.165) is 5.82 Å². The number of hydrogen-bond acceptors (Lipinski definition) is 3. The van der Waals surface area contributed by atoms with Gasteiger partial charge in [-0.1, -0.05) is 0 Å². The third-order valence-corrected chi connectivity index (χ3v) is 5.68. The fourth-order valence-corrected chi connectivity index (χ4v) is 3.47. The van der Waals surface area contributed by atoms with Crippen LogP contribution in [0.5, 0.6) is 0 Å². The predicted octanol–water partition coefficient (Wildman–Crippen LogP) is 2.10. The maximum atomic E-state index is 4.75. The fraction of sp³-hybridized carbons (Fsp3) is 0.800. The molecule has 0 aliphatic rings. The molecule has 0 radical (unpaired) electrons. The molecule has 1 aromatic heterocycles. The van der Waals surface area contributed by atoms with E-state index in [0.29, 0.717) is 28.0 Å². The summed E-state index contributed by atoms with van der Waals surface area (Å²) < 4.78 is 5.40. The molecule has 1 unspecified atom stereocenters. The van der Waals surface area contributed by atoms with Crippen molar-refractivity contribution in [3.05, 3.63) is 12.2 Å². The van der Waals surface area contributed by atoms with Gasteiger partial charge in [-0.25, -0.2) is 0 Å². The minimum absolute atomic E-state index is 0.598. The van der Waals surface area contributed by atoms with Crippen LogP contribution in [-0.2, 0) is 0 Å². The van der Waals surface area contributed by atoms with Crippen molar-refractivity contribution >= 4 is 24.4 Å². The molecule has 1 atom stereocenters. The third kappa shape index (κ3) is 4.49. The van der Waals surface area contributed by atoms with Crippen molar-refractivity contribution in [2.45, 2.75) is 49.1 Å². The average molecular weight is 298 g/mol. The summed E-state index contributed by atoms with van der Waals surface area (Å²) in [5.74, 6) is 0.941. The van der Waals surface area contributed by atoms with Crippen molar-refractivity contribution in [3.8, 4) is 0 Å². The molecule has 1 aromatic rings. The van der Waals surface area contributed by atoms with Gasteiger partial charge in [0.1, 0.15) is 0 Å². The molecule has 0 N–H and O–H groups in total. The summed E-state index contributed by atoms with van der Waals surface area (Å²) in [7, 11) is 0. The first kappa shape index (κ1) is 12.1. The Morgan fingerprint density at radius 2 is 2.14 bits per heavy atom. The molecule has 0 aromatic carbocycles. The molecule has 78 valence electrons. The Labute approximate surface area is 100 Å². The van der Waals surface area contributed by atoms with Gasteiger partial charge < -0.3 is 0 Å². The summed E-state index contributed by atoms with van der Waals surface area (Å²) in [6, 6.07) is 0. The molecule has 0 saturated heterocycles. The van der Waals surface area contributed by atoms with Crippen LogP contribution in [0.25, 0.3) is 0 Å². The van der Waals surface area contributed by atoms with Gasteiger partial charge in [-0.15, -0.1) is 0 Å². The molecule has 0 bridgehead atoms. The van der Waals surface area contributed by atoms with Crippen molar-refractivity contribution in [3.63, 3.8) is 0 Å². The zero-order valence-electron chi connectivity index (χ0n) is 9.20. The van der Waals surface area contributed by atoms with Gasteiger partial charge in [0.15, 0.2) is 0 Å². The van der Waals surface area contributed by atoms with E-state index in [2.05, 4.69) is 17.1 Å². The molecule has 0 saturated carbocycles. The van der Waals surface area contributed by atoms with Gasteiger partial charge in [0.2, 0.25) is 0 Å². The molecule has 0 fully saturated rings. The van der Waals surface area contributed by atoms with Gasteiger partial charge in [0.25, 0.3) is 0 Å². The molecule has 0 aliphatic carbocycles. The van der Waals surface area contributed by atoms with E-state index in [4.69, 9.17) is 4.52 Å². The summed E-state index contributed by atoms with van der Waals surface area (Å²) in [4.78, 5) is 4.11. The molecule has 3 nitrogen and oxygen atoms in total. The predicted molar refractivity (Wildman–Crippen MR) is 59.0 cm³/mol. The Balaban J connectivity index is 2.07. The van der Waals surface area contributed by atoms with Gasteiger partial charge in [-0.2, -0.15) is 0 Å². The molecule has 0 amide bonds. The first-order chi connectivity index (χ1) is 6.84. The van der Waals surface area contributed by atoms with Gasteiger partial charge >= 0.3 is 100 Å². The van der Waals surface area contributed by atoms with E-state index in [9.17, 15) is 0 Å². The van der Waals surface area contributed by atoms with E-state index in [1.54, 1.807) is 0 Å². The van der Waals surface area contributed by atoms with Crippen LogP contribution in [0.2, 0.25) is 0 Å². The second kappa shape index (κ2) is 7.32. The van der Waals surface area contributed by atoms with E-state index in [1.807, 2.05) is 0 Å². The molecular weight excluding hydrogens is 279 g/mol. The molecule has 4 heteroatoms. The molecule has 0 aliphatic heterocycles. The number of rotatable bonds is 7. The van der Waals surface area contributed by atoms with Gasteiger partial charge in [0.05, 0.1) is 0 Å². The Morgan fingerprint density at radius 3 is 2.79 bits per heavy atom. The van der Waals surface area contributed by atoms with Crippen LogP contribution in [0.3, 0.4) is 0 Å².